The van der Waals surface area contributed by atoms with Gasteiger partial charge in [0.15, 0.2) is 22.5 Å². The van der Waals surface area contributed by atoms with E-state index in [1.165, 1.54) is 40.4 Å². The van der Waals surface area contributed by atoms with E-state index in [-0.39, 0.29) is 0 Å². The summed E-state index contributed by atoms with van der Waals surface area (Å²) < 4.78 is 21.3. The molecule has 8 heteroatoms. The molecule has 0 spiro atoms. The van der Waals surface area contributed by atoms with E-state index < -0.39 is 0 Å². The summed E-state index contributed by atoms with van der Waals surface area (Å²) in [6, 6.07) is 0. The van der Waals surface area contributed by atoms with Gasteiger partial charge in [0.25, 0.3) is 0 Å². The van der Waals surface area contributed by atoms with Gasteiger partial charge in [0.2, 0.25) is 11.5 Å². The predicted octanol–water partition coefficient (Wildman–Crippen LogP) is 0.524. The lowest BCUT2D eigenvalue weighted by atomic mass is 10.2. The van der Waals surface area contributed by atoms with Crippen LogP contribution in [0.5, 0.6) is 23.0 Å². The Morgan fingerprint density at radius 1 is 0.737 bits per heavy atom. The summed E-state index contributed by atoms with van der Waals surface area (Å²) in [7, 11) is 7.50. The first kappa shape index (κ1) is 13.1. The van der Waals surface area contributed by atoms with Gasteiger partial charge in [-0.2, -0.15) is 0 Å². The molecule has 0 atom stereocenters. The summed E-state index contributed by atoms with van der Waals surface area (Å²) in [6.45, 7) is 0. The zero-order valence-corrected chi connectivity index (χ0v) is 11.4. The van der Waals surface area contributed by atoms with Crippen molar-refractivity contribution in [3.8, 4) is 23.0 Å². The third kappa shape index (κ3) is 1.76. The van der Waals surface area contributed by atoms with E-state index in [4.69, 9.17) is 23.8 Å². The molecule has 0 fully saturated rings. The molecule has 1 aromatic heterocycles. The highest BCUT2D eigenvalue weighted by atomic mass is 16.7. The van der Waals surface area contributed by atoms with Gasteiger partial charge in [0, 0.05) is 0 Å². The topological polar surface area (TPSA) is 76.9 Å². The van der Waals surface area contributed by atoms with Crippen LogP contribution >= 0.6 is 0 Å². The molecule has 8 nitrogen and oxygen atoms in total. The molecule has 0 N–H and O–H groups in total. The molecule has 104 valence electrons. The smallest absolute Gasteiger partial charge is 0.209 e. The highest BCUT2D eigenvalue weighted by Gasteiger charge is 2.27. The van der Waals surface area contributed by atoms with E-state index in [2.05, 4.69) is 10.3 Å². The monoisotopic (exact) mass is 269 g/mol. The third-order valence-corrected chi connectivity index (χ3v) is 2.68. The van der Waals surface area contributed by atoms with E-state index in [1.807, 2.05) is 0 Å². The average molecular weight is 269 g/mol. The maximum absolute atomic E-state index is 5.35. The Morgan fingerprint density at radius 3 is 1.74 bits per heavy atom. The van der Waals surface area contributed by atoms with Crippen molar-refractivity contribution in [1.29, 1.82) is 0 Å². The fourth-order valence-corrected chi connectivity index (χ4v) is 1.91. The van der Waals surface area contributed by atoms with E-state index in [0.717, 1.165) is 0 Å². The van der Waals surface area contributed by atoms with Crippen LogP contribution in [0.4, 0.5) is 0 Å². The number of benzene rings is 1. The molecule has 2 aromatic rings. The fraction of sp³-hybridized carbons (Fsp3) is 0.455. The van der Waals surface area contributed by atoms with Crippen LogP contribution in [-0.2, 0) is 0 Å². The molecule has 0 aliphatic carbocycles. The van der Waals surface area contributed by atoms with E-state index in [9.17, 15) is 0 Å². The molecule has 0 aliphatic rings. The maximum atomic E-state index is 5.35. The van der Waals surface area contributed by atoms with Crippen molar-refractivity contribution in [2.45, 2.75) is 0 Å². The van der Waals surface area contributed by atoms with Crippen LogP contribution in [0.1, 0.15) is 0 Å². The van der Waals surface area contributed by atoms with Gasteiger partial charge >= 0.3 is 0 Å². The second kappa shape index (κ2) is 5.09. The Labute approximate surface area is 109 Å². The van der Waals surface area contributed by atoms with Crippen LogP contribution in [0.15, 0.2) is 0 Å². The van der Waals surface area contributed by atoms with Crippen molar-refractivity contribution in [2.75, 3.05) is 35.5 Å². The SMILES string of the molecule is COc1c(OC)c(OC)c2c(nnn2OC)c1OC. The van der Waals surface area contributed by atoms with Gasteiger partial charge in [-0.05, 0) is 5.21 Å². The second-order valence-electron chi connectivity index (χ2n) is 3.48. The molecule has 0 aliphatic heterocycles. The zero-order chi connectivity index (χ0) is 14.0. The molecule has 0 unspecified atom stereocenters. The maximum Gasteiger partial charge on any atom is 0.209 e. The summed E-state index contributed by atoms with van der Waals surface area (Å²) in [6.07, 6.45) is 0. The Hall–Kier alpha value is -2.38. The van der Waals surface area contributed by atoms with E-state index >= 15 is 0 Å². The van der Waals surface area contributed by atoms with Crippen LogP contribution in [-0.4, -0.2) is 50.7 Å². The van der Waals surface area contributed by atoms with Gasteiger partial charge in [-0.15, -0.1) is 5.10 Å². The van der Waals surface area contributed by atoms with E-state index in [0.29, 0.717) is 34.0 Å². The molecule has 0 saturated heterocycles. The van der Waals surface area contributed by atoms with Gasteiger partial charge < -0.3 is 23.8 Å². The first-order valence-corrected chi connectivity index (χ1v) is 5.39. The lowest BCUT2D eigenvalue weighted by molar-refractivity contribution is 0.138. The van der Waals surface area contributed by atoms with Gasteiger partial charge in [-0.1, -0.05) is 4.85 Å². The normalized spacial score (nSPS) is 10.4. The molecule has 0 saturated carbocycles. The summed E-state index contributed by atoms with van der Waals surface area (Å²) >= 11 is 0. The van der Waals surface area contributed by atoms with Crippen LogP contribution in [0.2, 0.25) is 0 Å². The van der Waals surface area contributed by atoms with Crippen LogP contribution in [0, 0.1) is 0 Å². The van der Waals surface area contributed by atoms with Crippen LogP contribution in [0.3, 0.4) is 0 Å². The number of aromatic nitrogens is 3. The number of methoxy groups -OCH3 is 4. The van der Waals surface area contributed by atoms with Gasteiger partial charge in [0.05, 0.1) is 28.4 Å². The third-order valence-electron chi connectivity index (χ3n) is 2.68. The second-order valence-corrected chi connectivity index (χ2v) is 3.48. The summed E-state index contributed by atoms with van der Waals surface area (Å²) in [5, 5.41) is 7.86. The number of hydrogen-bond donors (Lipinski definition) is 0. The summed E-state index contributed by atoms with van der Waals surface area (Å²) in [4.78, 5) is 6.31. The molecule has 0 amide bonds. The van der Waals surface area contributed by atoms with Crippen molar-refractivity contribution in [3.63, 3.8) is 0 Å². The number of fused-ring (bicyclic) bond motifs is 1. The largest absolute Gasteiger partial charge is 0.491 e. The molecule has 2 rings (SSSR count). The average Bonchev–Trinajstić information content (AvgIpc) is 2.87. The standard InChI is InChI=1S/C11H15N3O5/c1-15-8-6-7(14(19-5)13-12-6)9(16-2)11(18-4)10(8)17-3/h1-5H3. The Balaban J connectivity index is 2.95. The van der Waals surface area contributed by atoms with Crippen LogP contribution < -0.4 is 23.8 Å². The van der Waals surface area contributed by atoms with Gasteiger partial charge in [0.1, 0.15) is 7.11 Å². The summed E-state index contributed by atoms with van der Waals surface area (Å²) in [5.41, 5.74) is 0.957. The van der Waals surface area contributed by atoms with Crippen molar-refractivity contribution in [3.05, 3.63) is 0 Å². The zero-order valence-electron chi connectivity index (χ0n) is 11.4. The van der Waals surface area contributed by atoms with Crippen molar-refractivity contribution < 1.29 is 23.8 Å². The highest BCUT2D eigenvalue weighted by molar-refractivity contribution is 5.93. The Bertz CT molecular complexity index is 596. The Kier molecular flexibility index (Phi) is 3.50. The lowest BCUT2D eigenvalue weighted by Crippen LogP contribution is -2.09. The molecular weight excluding hydrogens is 254 g/mol. The van der Waals surface area contributed by atoms with Gasteiger partial charge in [-0.3, -0.25) is 0 Å². The van der Waals surface area contributed by atoms with Crippen molar-refractivity contribution in [1.82, 2.24) is 15.2 Å². The number of rotatable bonds is 5. The predicted molar refractivity (Wildman–Crippen MR) is 66.2 cm³/mol. The highest BCUT2D eigenvalue weighted by Crippen LogP contribution is 2.49. The van der Waals surface area contributed by atoms with E-state index in [1.54, 1.807) is 0 Å². The lowest BCUT2D eigenvalue weighted by Gasteiger charge is -2.16. The molecule has 0 radical (unpaired) electrons. The van der Waals surface area contributed by atoms with Crippen molar-refractivity contribution >= 4 is 11.0 Å². The van der Waals surface area contributed by atoms with Crippen LogP contribution in [0.25, 0.3) is 11.0 Å². The minimum absolute atomic E-state index is 0.384. The minimum atomic E-state index is 0.384. The molecule has 0 bridgehead atoms. The molecule has 19 heavy (non-hydrogen) atoms. The van der Waals surface area contributed by atoms with Gasteiger partial charge in [-0.25, -0.2) is 0 Å². The number of nitrogens with zero attached hydrogens (tertiary/aromatic N) is 3. The first-order valence-electron chi connectivity index (χ1n) is 5.39. The minimum Gasteiger partial charge on any atom is -0.491 e. The Morgan fingerprint density at radius 2 is 1.26 bits per heavy atom. The summed E-state index contributed by atoms with van der Waals surface area (Å²) in [5.74, 6) is 1.58. The first-order chi connectivity index (χ1) is 9.23. The quantitative estimate of drug-likeness (QED) is 0.783. The van der Waals surface area contributed by atoms with Crippen molar-refractivity contribution in [2.24, 2.45) is 0 Å². The molecular formula is C11H15N3O5. The number of ether oxygens (including phenoxy) is 4. The number of hydrogen-bond acceptors (Lipinski definition) is 7. The molecule has 1 heterocycles. The fourth-order valence-electron chi connectivity index (χ4n) is 1.91. The molecule has 1 aromatic carbocycles.